The summed E-state index contributed by atoms with van der Waals surface area (Å²) in [5.74, 6) is 0.895. The summed E-state index contributed by atoms with van der Waals surface area (Å²) in [5, 5.41) is 0. The zero-order valence-electron chi connectivity index (χ0n) is 18.0. The molecule has 0 aliphatic carbocycles. The second-order valence-corrected chi connectivity index (χ2v) is 9.05. The Morgan fingerprint density at radius 2 is 1.04 bits per heavy atom. The fourth-order valence-corrected chi connectivity index (χ4v) is 4.42. The Morgan fingerprint density at radius 3 is 1.52 bits per heavy atom. The van der Waals surface area contributed by atoms with Gasteiger partial charge in [0.05, 0.1) is 0 Å². The van der Waals surface area contributed by atoms with Gasteiger partial charge in [0.2, 0.25) is 0 Å². The first-order chi connectivity index (χ1) is 12.2. The third-order valence-corrected chi connectivity index (χ3v) is 6.12. The van der Waals surface area contributed by atoms with E-state index >= 15 is 0 Å². The van der Waals surface area contributed by atoms with Gasteiger partial charge >= 0.3 is 0 Å². The Morgan fingerprint density at radius 1 is 0.600 bits per heavy atom. The van der Waals surface area contributed by atoms with Gasteiger partial charge in [-0.05, 0) is 44.7 Å². The van der Waals surface area contributed by atoms with Gasteiger partial charge in [0.15, 0.2) is 0 Å². The van der Waals surface area contributed by atoms with Crippen LogP contribution in [0, 0.1) is 5.92 Å². The highest BCUT2D eigenvalue weighted by Gasteiger charge is 2.20. The molecule has 1 heterocycles. The van der Waals surface area contributed by atoms with Gasteiger partial charge < -0.3 is 4.90 Å². The third kappa shape index (κ3) is 12.9. The Hall–Kier alpha value is -0.0400. The molecule has 1 atom stereocenters. The average Bonchev–Trinajstić information content (AvgIpc) is 3.12. The molecule has 0 aromatic heterocycles. The van der Waals surface area contributed by atoms with E-state index in [2.05, 4.69) is 25.7 Å². The van der Waals surface area contributed by atoms with Crippen LogP contribution in [0.1, 0.15) is 130 Å². The van der Waals surface area contributed by atoms with E-state index in [1.807, 2.05) is 0 Å². The van der Waals surface area contributed by atoms with Crippen molar-refractivity contribution in [3.05, 3.63) is 0 Å². The average molecular weight is 352 g/mol. The lowest BCUT2D eigenvalue weighted by Gasteiger charge is -2.27. The van der Waals surface area contributed by atoms with Crippen molar-refractivity contribution in [2.45, 2.75) is 136 Å². The summed E-state index contributed by atoms with van der Waals surface area (Å²) >= 11 is 0. The van der Waals surface area contributed by atoms with Crippen LogP contribution in [0.5, 0.6) is 0 Å². The molecular formula is C24H49N. The SMILES string of the molecule is CCCCCC(CCCCCCCCCCCC(C)C)N1CCCC1. The van der Waals surface area contributed by atoms with Crippen LogP contribution in [0.15, 0.2) is 0 Å². The Kier molecular flexibility index (Phi) is 14.9. The molecule has 1 saturated heterocycles. The molecule has 1 aliphatic rings. The minimum absolute atomic E-state index is 0.895. The van der Waals surface area contributed by atoms with Crippen molar-refractivity contribution in [2.24, 2.45) is 5.92 Å². The fraction of sp³-hybridized carbons (Fsp3) is 1.00. The Balaban J connectivity index is 1.94. The zero-order chi connectivity index (χ0) is 18.2. The first-order valence-corrected chi connectivity index (χ1v) is 12.0. The molecular weight excluding hydrogens is 302 g/mol. The van der Waals surface area contributed by atoms with E-state index in [0.717, 1.165) is 12.0 Å². The summed E-state index contributed by atoms with van der Waals surface area (Å²) < 4.78 is 0. The monoisotopic (exact) mass is 351 g/mol. The minimum atomic E-state index is 0.895. The molecule has 0 spiro atoms. The summed E-state index contributed by atoms with van der Waals surface area (Å²) in [4.78, 5) is 2.81. The van der Waals surface area contributed by atoms with E-state index in [4.69, 9.17) is 0 Å². The highest BCUT2D eigenvalue weighted by atomic mass is 15.2. The molecule has 1 nitrogen and oxygen atoms in total. The molecule has 0 radical (unpaired) electrons. The molecule has 25 heavy (non-hydrogen) atoms. The molecule has 0 bridgehead atoms. The topological polar surface area (TPSA) is 3.24 Å². The maximum Gasteiger partial charge on any atom is 0.00952 e. The van der Waals surface area contributed by atoms with Crippen molar-refractivity contribution in [3.63, 3.8) is 0 Å². The van der Waals surface area contributed by atoms with Gasteiger partial charge in [0.25, 0.3) is 0 Å². The molecule has 0 amide bonds. The van der Waals surface area contributed by atoms with Gasteiger partial charge in [0.1, 0.15) is 0 Å². The van der Waals surface area contributed by atoms with Crippen molar-refractivity contribution >= 4 is 0 Å². The lowest BCUT2D eigenvalue weighted by Crippen LogP contribution is -2.32. The summed E-state index contributed by atoms with van der Waals surface area (Å²) in [5.41, 5.74) is 0. The maximum absolute atomic E-state index is 2.81. The molecule has 1 aliphatic heterocycles. The first-order valence-electron chi connectivity index (χ1n) is 12.0. The van der Waals surface area contributed by atoms with Gasteiger partial charge in [0, 0.05) is 6.04 Å². The van der Waals surface area contributed by atoms with Crippen LogP contribution in [-0.4, -0.2) is 24.0 Å². The van der Waals surface area contributed by atoms with Crippen LogP contribution < -0.4 is 0 Å². The summed E-state index contributed by atoms with van der Waals surface area (Å²) in [6.07, 6.45) is 24.8. The fourth-order valence-electron chi connectivity index (χ4n) is 4.42. The maximum atomic E-state index is 2.81. The zero-order valence-corrected chi connectivity index (χ0v) is 18.0. The first kappa shape index (κ1) is 23.0. The van der Waals surface area contributed by atoms with Gasteiger partial charge in [-0.15, -0.1) is 0 Å². The highest BCUT2D eigenvalue weighted by molar-refractivity contribution is 4.76. The van der Waals surface area contributed by atoms with E-state index in [9.17, 15) is 0 Å². The van der Waals surface area contributed by atoms with Crippen LogP contribution >= 0.6 is 0 Å². The predicted octanol–water partition coefficient (Wildman–Crippen LogP) is 7.98. The van der Waals surface area contributed by atoms with E-state index < -0.39 is 0 Å². The summed E-state index contributed by atoms with van der Waals surface area (Å²) in [6.45, 7) is 9.78. The molecule has 0 saturated carbocycles. The molecule has 1 rings (SSSR count). The molecule has 1 heteroatoms. The van der Waals surface area contributed by atoms with Crippen molar-refractivity contribution in [1.29, 1.82) is 0 Å². The standard InChI is InChI=1S/C24H49N/c1-4-5-13-19-24(25-21-16-17-22-25)20-15-12-10-8-6-7-9-11-14-18-23(2)3/h23-24H,4-22H2,1-3H3. The van der Waals surface area contributed by atoms with Gasteiger partial charge in [-0.25, -0.2) is 0 Å². The van der Waals surface area contributed by atoms with Crippen molar-refractivity contribution in [1.82, 2.24) is 4.90 Å². The second kappa shape index (κ2) is 16.2. The normalized spacial score (nSPS) is 16.8. The Labute approximate surface area is 160 Å². The number of hydrogen-bond acceptors (Lipinski definition) is 1. The van der Waals surface area contributed by atoms with Gasteiger partial charge in [-0.3, -0.25) is 0 Å². The van der Waals surface area contributed by atoms with Crippen molar-refractivity contribution in [3.8, 4) is 0 Å². The number of unbranched alkanes of at least 4 members (excludes halogenated alkanes) is 10. The lowest BCUT2D eigenvalue weighted by atomic mass is 9.99. The Bertz CT molecular complexity index is 267. The molecule has 0 aromatic carbocycles. The molecule has 0 aromatic rings. The molecule has 150 valence electrons. The van der Waals surface area contributed by atoms with Crippen molar-refractivity contribution < 1.29 is 0 Å². The van der Waals surface area contributed by atoms with Crippen LogP contribution in [0.25, 0.3) is 0 Å². The van der Waals surface area contributed by atoms with Crippen LogP contribution in [0.3, 0.4) is 0 Å². The minimum Gasteiger partial charge on any atom is -0.300 e. The van der Waals surface area contributed by atoms with Crippen LogP contribution in [0.4, 0.5) is 0 Å². The van der Waals surface area contributed by atoms with E-state index in [1.165, 1.54) is 122 Å². The summed E-state index contributed by atoms with van der Waals surface area (Å²) in [6, 6.07) is 0.912. The van der Waals surface area contributed by atoms with Gasteiger partial charge in [-0.2, -0.15) is 0 Å². The van der Waals surface area contributed by atoms with Crippen LogP contribution in [-0.2, 0) is 0 Å². The smallest absolute Gasteiger partial charge is 0.00952 e. The molecule has 1 unspecified atom stereocenters. The van der Waals surface area contributed by atoms with E-state index in [0.29, 0.717) is 0 Å². The number of hydrogen-bond donors (Lipinski definition) is 0. The van der Waals surface area contributed by atoms with Crippen molar-refractivity contribution in [2.75, 3.05) is 13.1 Å². The third-order valence-electron chi connectivity index (χ3n) is 6.12. The number of likely N-dealkylation sites (tertiary alicyclic amines) is 1. The number of rotatable bonds is 17. The lowest BCUT2D eigenvalue weighted by molar-refractivity contribution is 0.210. The van der Waals surface area contributed by atoms with E-state index in [-0.39, 0.29) is 0 Å². The summed E-state index contributed by atoms with van der Waals surface area (Å²) in [7, 11) is 0. The second-order valence-electron chi connectivity index (χ2n) is 9.05. The molecule has 1 fully saturated rings. The van der Waals surface area contributed by atoms with Gasteiger partial charge in [-0.1, -0.05) is 104 Å². The number of nitrogens with zero attached hydrogens (tertiary/aromatic N) is 1. The quantitative estimate of drug-likeness (QED) is 0.240. The van der Waals surface area contributed by atoms with E-state index in [1.54, 1.807) is 0 Å². The highest BCUT2D eigenvalue weighted by Crippen LogP contribution is 2.22. The molecule has 0 N–H and O–H groups in total. The largest absolute Gasteiger partial charge is 0.300 e. The van der Waals surface area contributed by atoms with Crippen LogP contribution in [0.2, 0.25) is 0 Å². The predicted molar refractivity (Wildman–Crippen MR) is 114 cm³/mol.